The predicted octanol–water partition coefficient (Wildman–Crippen LogP) is 2.26. The molecular formula is C13H21FN2. The third kappa shape index (κ3) is 5.83. The predicted molar refractivity (Wildman–Crippen MR) is 65.9 cm³/mol. The fourth-order valence-corrected chi connectivity index (χ4v) is 1.56. The quantitative estimate of drug-likeness (QED) is 0.715. The van der Waals surface area contributed by atoms with Gasteiger partial charge in [-0.2, -0.15) is 0 Å². The van der Waals surface area contributed by atoms with Crippen LogP contribution in [0.25, 0.3) is 0 Å². The van der Waals surface area contributed by atoms with Crippen molar-refractivity contribution in [2.24, 2.45) is 0 Å². The normalized spacial score (nSPS) is 11.0. The number of rotatable bonds is 7. The summed E-state index contributed by atoms with van der Waals surface area (Å²) >= 11 is 0. The highest BCUT2D eigenvalue weighted by molar-refractivity contribution is 5.15. The van der Waals surface area contributed by atoms with Crippen LogP contribution in [-0.2, 0) is 6.54 Å². The second-order valence-electron chi connectivity index (χ2n) is 4.32. The Kier molecular flexibility index (Phi) is 6.04. The molecule has 1 aromatic rings. The molecule has 2 nitrogen and oxygen atoms in total. The molecule has 0 atom stereocenters. The Morgan fingerprint density at radius 3 is 2.75 bits per heavy atom. The molecule has 0 amide bonds. The summed E-state index contributed by atoms with van der Waals surface area (Å²) in [7, 11) is 4.17. The van der Waals surface area contributed by atoms with Crippen molar-refractivity contribution in [2.45, 2.75) is 19.4 Å². The van der Waals surface area contributed by atoms with E-state index in [2.05, 4.69) is 24.3 Å². The summed E-state index contributed by atoms with van der Waals surface area (Å²) in [4.78, 5) is 2.19. The second-order valence-corrected chi connectivity index (χ2v) is 4.32. The minimum absolute atomic E-state index is 0.160. The molecule has 0 aliphatic heterocycles. The maximum atomic E-state index is 12.9. The Morgan fingerprint density at radius 1 is 1.25 bits per heavy atom. The van der Waals surface area contributed by atoms with E-state index < -0.39 is 0 Å². The summed E-state index contributed by atoms with van der Waals surface area (Å²) < 4.78 is 12.9. The summed E-state index contributed by atoms with van der Waals surface area (Å²) in [6, 6.07) is 6.74. The minimum Gasteiger partial charge on any atom is -0.313 e. The van der Waals surface area contributed by atoms with Crippen LogP contribution in [0.15, 0.2) is 24.3 Å². The molecule has 0 aliphatic carbocycles. The van der Waals surface area contributed by atoms with E-state index in [-0.39, 0.29) is 5.82 Å². The summed E-state index contributed by atoms with van der Waals surface area (Å²) in [5, 5.41) is 3.32. The van der Waals surface area contributed by atoms with Gasteiger partial charge in [-0.05, 0) is 57.7 Å². The van der Waals surface area contributed by atoms with Crippen LogP contribution in [0.4, 0.5) is 4.39 Å². The van der Waals surface area contributed by atoms with Crippen molar-refractivity contribution in [1.82, 2.24) is 10.2 Å². The molecule has 16 heavy (non-hydrogen) atoms. The Bertz CT molecular complexity index is 300. The van der Waals surface area contributed by atoms with E-state index in [1.165, 1.54) is 12.5 Å². The molecule has 1 rings (SSSR count). The maximum Gasteiger partial charge on any atom is 0.123 e. The van der Waals surface area contributed by atoms with Crippen LogP contribution < -0.4 is 5.32 Å². The summed E-state index contributed by atoms with van der Waals surface area (Å²) in [6.07, 6.45) is 2.36. The molecule has 1 N–H and O–H groups in total. The van der Waals surface area contributed by atoms with Gasteiger partial charge in [0.05, 0.1) is 0 Å². The third-order valence-corrected chi connectivity index (χ3v) is 2.43. The van der Waals surface area contributed by atoms with Gasteiger partial charge in [-0.1, -0.05) is 12.1 Å². The number of hydrogen-bond acceptors (Lipinski definition) is 2. The molecule has 0 saturated carbocycles. The molecular weight excluding hydrogens is 203 g/mol. The number of unbranched alkanes of at least 4 members (excludes halogenated alkanes) is 1. The lowest BCUT2D eigenvalue weighted by molar-refractivity contribution is 0.391. The summed E-state index contributed by atoms with van der Waals surface area (Å²) in [5.74, 6) is -0.160. The van der Waals surface area contributed by atoms with Crippen LogP contribution >= 0.6 is 0 Å². The first kappa shape index (κ1) is 13.1. The number of halogens is 1. The Hall–Kier alpha value is -0.930. The number of nitrogens with zero attached hydrogens (tertiary/aromatic N) is 1. The minimum atomic E-state index is -0.160. The van der Waals surface area contributed by atoms with Crippen molar-refractivity contribution < 1.29 is 4.39 Å². The zero-order chi connectivity index (χ0) is 11.8. The van der Waals surface area contributed by atoms with Gasteiger partial charge in [0.2, 0.25) is 0 Å². The highest BCUT2D eigenvalue weighted by atomic mass is 19.1. The van der Waals surface area contributed by atoms with Gasteiger partial charge in [0.15, 0.2) is 0 Å². The second kappa shape index (κ2) is 7.36. The number of nitrogens with one attached hydrogen (secondary N) is 1. The van der Waals surface area contributed by atoms with Crippen molar-refractivity contribution in [1.29, 1.82) is 0 Å². The monoisotopic (exact) mass is 224 g/mol. The average molecular weight is 224 g/mol. The third-order valence-electron chi connectivity index (χ3n) is 2.43. The lowest BCUT2D eigenvalue weighted by Gasteiger charge is -2.09. The van der Waals surface area contributed by atoms with Gasteiger partial charge in [0.25, 0.3) is 0 Å². The smallest absolute Gasteiger partial charge is 0.123 e. The Balaban J connectivity index is 2.07. The zero-order valence-corrected chi connectivity index (χ0v) is 10.2. The number of benzene rings is 1. The maximum absolute atomic E-state index is 12.9. The molecule has 90 valence electrons. The molecule has 0 unspecified atom stereocenters. The Labute approximate surface area is 97.5 Å². The number of hydrogen-bond donors (Lipinski definition) is 1. The fraction of sp³-hybridized carbons (Fsp3) is 0.538. The van der Waals surface area contributed by atoms with Gasteiger partial charge < -0.3 is 10.2 Å². The lowest BCUT2D eigenvalue weighted by atomic mass is 10.2. The van der Waals surface area contributed by atoms with E-state index in [0.717, 1.165) is 31.6 Å². The molecule has 0 fully saturated rings. The highest BCUT2D eigenvalue weighted by Gasteiger charge is 1.95. The molecule has 0 bridgehead atoms. The van der Waals surface area contributed by atoms with Gasteiger partial charge in [0.1, 0.15) is 5.82 Å². The molecule has 0 saturated heterocycles. The largest absolute Gasteiger partial charge is 0.313 e. The van der Waals surface area contributed by atoms with Crippen LogP contribution in [0.2, 0.25) is 0 Å². The molecule has 3 heteroatoms. The van der Waals surface area contributed by atoms with E-state index in [1.807, 2.05) is 6.07 Å². The van der Waals surface area contributed by atoms with Crippen molar-refractivity contribution in [2.75, 3.05) is 27.2 Å². The van der Waals surface area contributed by atoms with Crippen LogP contribution in [0.3, 0.4) is 0 Å². The van der Waals surface area contributed by atoms with Crippen molar-refractivity contribution in [3.8, 4) is 0 Å². The molecule has 1 aromatic carbocycles. The molecule has 0 aromatic heterocycles. The highest BCUT2D eigenvalue weighted by Crippen LogP contribution is 2.02. The van der Waals surface area contributed by atoms with Gasteiger partial charge in [-0.15, -0.1) is 0 Å². The van der Waals surface area contributed by atoms with Gasteiger partial charge in [-0.25, -0.2) is 4.39 Å². The van der Waals surface area contributed by atoms with Crippen LogP contribution in [0.5, 0.6) is 0 Å². The zero-order valence-electron chi connectivity index (χ0n) is 10.2. The molecule has 0 spiro atoms. The van der Waals surface area contributed by atoms with Gasteiger partial charge in [0, 0.05) is 6.54 Å². The van der Waals surface area contributed by atoms with Crippen molar-refractivity contribution >= 4 is 0 Å². The van der Waals surface area contributed by atoms with E-state index in [4.69, 9.17) is 0 Å². The standard InChI is InChI=1S/C13H21FN2/c1-16(2)9-4-3-8-15-11-12-6-5-7-13(14)10-12/h5-7,10,15H,3-4,8-9,11H2,1-2H3. The van der Waals surface area contributed by atoms with Crippen LogP contribution in [0.1, 0.15) is 18.4 Å². The Morgan fingerprint density at radius 2 is 2.06 bits per heavy atom. The molecule has 0 aliphatic rings. The first-order valence-corrected chi connectivity index (χ1v) is 5.78. The van der Waals surface area contributed by atoms with Gasteiger partial charge in [-0.3, -0.25) is 0 Å². The molecule has 0 radical (unpaired) electrons. The van der Waals surface area contributed by atoms with E-state index >= 15 is 0 Å². The van der Waals surface area contributed by atoms with E-state index in [9.17, 15) is 4.39 Å². The first-order chi connectivity index (χ1) is 7.68. The summed E-state index contributed by atoms with van der Waals surface area (Å²) in [5.41, 5.74) is 1.01. The fourth-order valence-electron chi connectivity index (χ4n) is 1.56. The van der Waals surface area contributed by atoms with Crippen molar-refractivity contribution in [3.63, 3.8) is 0 Å². The van der Waals surface area contributed by atoms with Crippen LogP contribution in [-0.4, -0.2) is 32.1 Å². The summed E-state index contributed by atoms with van der Waals surface area (Å²) in [6.45, 7) is 2.87. The van der Waals surface area contributed by atoms with Gasteiger partial charge >= 0.3 is 0 Å². The topological polar surface area (TPSA) is 15.3 Å². The van der Waals surface area contributed by atoms with E-state index in [0.29, 0.717) is 0 Å². The van der Waals surface area contributed by atoms with E-state index in [1.54, 1.807) is 12.1 Å². The first-order valence-electron chi connectivity index (χ1n) is 5.78. The lowest BCUT2D eigenvalue weighted by Crippen LogP contribution is -2.18. The van der Waals surface area contributed by atoms with Crippen molar-refractivity contribution in [3.05, 3.63) is 35.6 Å². The SMILES string of the molecule is CN(C)CCCCNCc1cccc(F)c1. The van der Waals surface area contributed by atoms with Crippen LogP contribution in [0, 0.1) is 5.82 Å². The average Bonchev–Trinajstić information content (AvgIpc) is 2.23. The molecule has 0 heterocycles.